The number of amides is 2. The van der Waals surface area contributed by atoms with Crippen molar-refractivity contribution in [1.29, 1.82) is 0 Å². The highest BCUT2D eigenvalue weighted by Gasteiger charge is 2.32. The van der Waals surface area contributed by atoms with Crippen LogP contribution in [0, 0.1) is 12.7 Å². The molecule has 0 bridgehead atoms. The predicted octanol–water partition coefficient (Wildman–Crippen LogP) is 2.67. The smallest absolute Gasteiger partial charge is 0.309 e. The second-order valence-electron chi connectivity index (χ2n) is 6.88. The molecule has 0 aliphatic carbocycles. The van der Waals surface area contributed by atoms with Gasteiger partial charge in [-0.25, -0.2) is 12.8 Å². The summed E-state index contributed by atoms with van der Waals surface area (Å²) in [5.74, 6) is -2.19. The van der Waals surface area contributed by atoms with E-state index in [-0.39, 0.29) is 23.7 Å². The normalized spacial score (nSPS) is 12.2. The monoisotopic (exact) mass is 444 g/mol. The van der Waals surface area contributed by atoms with E-state index in [0.717, 1.165) is 5.56 Å². The minimum Gasteiger partial charge on any atom is -0.468 e. The maximum absolute atomic E-state index is 13.1. The fourth-order valence-electron chi connectivity index (χ4n) is 2.86. The van der Waals surface area contributed by atoms with Gasteiger partial charge in [0.15, 0.2) is 9.84 Å². The Bertz CT molecular complexity index is 1140. The molecule has 2 amide bonds. The van der Waals surface area contributed by atoms with Crippen molar-refractivity contribution < 1.29 is 26.8 Å². The van der Waals surface area contributed by atoms with Crippen molar-refractivity contribution in [3.05, 3.63) is 89.6 Å². The third kappa shape index (κ3) is 5.58. The van der Waals surface area contributed by atoms with Crippen molar-refractivity contribution >= 4 is 21.7 Å². The standard InChI is InChI=1S/C22H21FN2O5S/c1-15-4-10-18(11-5-15)31(28,29)20(19-3-2-12-30-19)14-25-22(27)21(26)24-13-16-6-8-17(23)9-7-16/h2-12,20H,13-14H2,1H3,(H,24,26)(H,25,27)/t20-/m0/s1. The van der Waals surface area contributed by atoms with Crippen molar-refractivity contribution in [2.24, 2.45) is 0 Å². The fourth-order valence-corrected chi connectivity index (χ4v) is 4.45. The van der Waals surface area contributed by atoms with Crippen molar-refractivity contribution in [3.63, 3.8) is 0 Å². The van der Waals surface area contributed by atoms with Crippen LogP contribution in [0.4, 0.5) is 4.39 Å². The third-order valence-electron chi connectivity index (χ3n) is 4.61. The molecule has 0 saturated heterocycles. The number of rotatable bonds is 7. The van der Waals surface area contributed by atoms with E-state index in [4.69, 9.17) is 4.42 Å². The summed E-state index contributed by atoms with van der Waals surface area (Å²) in [6.07, 6.45) is 1.34. The fraction of sp³-hybridized carbons (Fsp3) is 0.182. The molecule has 0 aliphatic rings. The van der Waals surface area contributed by atoms with Gasteiger partial charge in [-0.05, 0) is 48.9 Å². The summed E-state index contributed by atoms with van der Waals surface area (Å²) < 4.78 is 44.5. The lowest BCUT2D eigenvalue weighted by Gasteiger charge is -2.17. The molecule has 162 valence electrons. The number of nitrogens with one attached hydrogen (secondary N) is 2. The summed E-state index contributed by atoms with van der Waals surface area (Å²) in [6, 6.07) is 14.8. The van der Waals surface area contributed by atoms with Gasteiger partial charge in [-0.2, -0.15) is 0 Å². The Morgan fingerprint density at radius 3 is 2.23 bits per heavy atom. The highest BCUT2D eigenvalue weighted by molar-refractivity contribution is 7.91. The quantitative estimate of drug-likeness (QED) is 0.545. The lowest BCUT2D eigenvalue weighted by molar-refractivity contribution is -0.139. The van der Waals surface area contributed by atoms with Crippen LogP contribution in [0.15, 0.2) is 76.2 Å². The van der Waals surface area contributed by atoms with Crippen LogP contribution in [0.2, 0.25) is 0 Å². The Hall–Kier alpha value is -3.46. The van der Waals surface area contributed by atoms with E-state index in [0.29, 0.717) is 5.56 Å². The van der Waals surface area contributed by atoms with E-state index in [1.807, 2.05) is 6.92 Å². The first-order valence-corrected chi connectivity index (χ1v) is 11.0. The zero-order valence-corrected chi connectivity index (χ0v) is 17.5. The summed E-state index contributed by atoms with van der Waals surface area (Å²) >= 11 is 0. The average Bonchev–Trinajstić information content (AvgIpc) is 3.27. The van der Waals surface area contributed by atoms with Gasteiger partial charge in [0.1, 0.15) is 16.8 Å². The van der Waals surface area contributed by atoms with Crippen molar-refractivity contribution in [3.8, 4) is 0 Å². The summed E-state index contributed by atoms with van der Waals surface area (Å²) in [5, 5.41) is 3.55. The zero-order valence-electron chi connectivity index (χ0n) is 16.7. The maximum atomic E-state index is 13.1. The van der Waals surface area contributed by atoms with Crippen molar-refractivity contribution in [1.82, 2.24) is 10.6 Å². The number of furan rings is 1. The Balaban J connectivity index is 1.68. The summed E-state index contributed by atoms with van der Waals surface area (Å²) in [7, 11) is -3.90. The molecule has 1 aromatic heterocycles. The van der Waals surface area contributed by atoms with Crippen molar-refractivity contribution in [2.45, 2.75) is 23.6 Å². The van der Waals surface area contributed by atoms with Gasteiger partial charge in [-0.3, -0.25) is 9.59 Å². The number of carbonyl (C=O) groups excluding carboxylic acids is 2. The lowest BCUT2D eigenvalue weighted by Crippen LogP contribution is -2.42. The van der Waals surface area contributed by atoms with E-state index in [1.54, 1.807) is 18.2 Å². The van der Waals surface area contributed by atoms with Gasteiger partial charge in [-0.1, -0.05) is 29.8 Å². The molecule has 1 atom stereocenters. The number of hydrogen-bond acceptors (Lipinski definition) is 5. The molecule has 0 aliphatic heterocycles. The molecule has 3 aromatic rings. The molecule has 0 saturated carbocycles. The van der Waals surface area contributed by atoms with Gasteiger partial charge in [-0.15, -0.1) is 0 Å². The van der Waals surface area contributed by atoms with Crippen LogP contribution in [-0.2, 0) is 26.0 Å². The lowest BCUT2D eigenvalue weighted by atomic mass is 10.2. The summed E-state index contributed by atoms with van der Waals surface area (Å²) in [5.41, 5.74) is 1.51. The number of carbonyl (C=O) groups is 2. The molecule has 31 heavy (non-hydrogen) atoms. The number of sulfone groups is 1. The van der Waals surface area contributed by atoms with Gasteiger partial charge in [0, 0.05) is 13.1 Å². The van der Waals surface area contributed by atoms with Gasteiger partial charge in [0.2, 0.25) is 0 Å². The first kappa shape index (κ1) is 22.2. The Kier molecular flexibility index (Phi) is 6.86. The highest BCUT2D eigenvalue weighted by Crippen LogP contribution is 2.29. The molecule has 3 rings (SSSR count). The second kappa shape index (κ2) is 9.57. The minimum absolute atomic E-state index is 0.0236. The topological polar surface area (TPSA) is 105 Å². The number of aryl methyl sites for hydroxylation is 1. The van der Waals surface area contributed by atoms with Crippen LogP contribution in [0.5, 0.6) is 0 Å². The average molecular weight is 444 g/mol. The van der Waals surface area contributed by atoms with Gasteiger partial charge < -0.3 is 15.1 Å². The molecule has 7 nitrogen and oxygen atoms in total. The van der Waals surface area contributed by atoms with Crippen LogP contribution < -0.4 is 10.6 Å². The summed E-state index contributed by atoms with van der Waals surface area (Å²) in [6.45, 7) is 1.51. The van der Waals surface area contributed by atoms with E-state index >= 15 is 0 Å². The van der Waals surface area contributed by atoms with Crippen LogP contribution >= 0.6 is 0 Å². The van der Waals surface area contributed by atoms with E-state index in [9.17, 15) is 22.4 Å². The van der Waals surface area contributed by atoms with E-state index in [2.05, 4.69) is 10.6 Å². The first-order chi connectivity index (χ1) is 14.8. The van der Waals surface area contributed by atoms with Gasteiger partial charge in [0.05, 0.1) is 11.2 Å². The number of hydrogen-bond donors (Lipinski definition) is 2. The van der Waals surface area contributed by atoms with Gasteiger partial charge in [0.25, 0.3) is 0 Å². The largest absolute Gasteiger partial charge is 0.468 e. The third-order valence-corrected chi connectivity index (χ3v) is 6.68. The molecule has 2 N–H and O–H groups in total. The van der Waals surface area contributed by atoms with E-state index in [1.165, 1.54) is 48.7 Å². The Labute approximate surface area is 179 Å². The number of benzene rings is 2. The zero-order chi connectivity index (χ0) is 22.4. The van der Waals surface area contributed by atoms with Crippen LogP contribution in [0.25, 0.3) is 0 Å². The minimum atomic E-state index is -3.90. The van der Waals surface area contributed by atoms with Gasteiger partial charge >= 0.3 is 11.8 Å². The molecule has 0 radical (unpaired) electrons. The van der Waals surface area contributed by atoms with Crippen LogP contribution in [0.1, 0.15) is 22.1 Å². The molecule has 9 heteroatoms. The van der Waals surface area contributed by atoms with Crippen LogP contribution in [0.3, 0.4) is 0 Å². The maximum Gasteiger partial charge on any atom is 0.309 e. The number of halogens is 1. The summed E-state index contributed by atoms with van der Waals surface area (Å²) in [4.78, 5) is 24.3. The van der Waals surface area contributed by atoms with Crippen LogP contribution in [-0.4, -0.2) is 26.8 Å². The second-order valence-corrected chi connectivity index (χ2v) is 9.01. The first-order valence-electron chi connectivity index (χ1n) is 9.42. The molecular formula is C22H21FN2O5S. The molecule has 2 aromatic carbocycles. The molecule has 0 fully saturated rings. The highest BCUT2D eigenvalue weighted by atomic mass is 32.2. The Morgan fingerprint density at radius 1 is 0.968 bits per heavy atom. The molecule has 0 spiro atoms. The SMILES string of the molecule is Cc1ccc(S(=O)(=O)[C@@H](CNC(=O)C(=O)NCc2ccc(F)cc2)c2ccco2)cc1. The van der Waals surface area contributed by atoms with Crippen molar-refractivity contribution in [2.75, 3.05) is 6.54 Å². The molecule has 0 unspecified atom stereocenters. The molecular weight excluding hydrogens is 423 g/mol. The van der Waals surface area contributed by atoms with E-state index < -0.39 is 32.7 Å². The Morgan fingerprint density at radius 2 is 1.61 bits per heavy atom. The predicted molar refractivity (Wildman–Crippen MR) is 111 cm³/mol. The molecule has 1 heterocycles.